The summed E-state index contributed by atoms with van der Waals surface area (Å²) in [6.07, 6.45) is 1.89. The molecule has 0 aromatic heterocycles. The number of benzene rings is 1. The Morgan fingerprint density at radius 1 is 1.20 bits per heavy atom. The minimum absolute atomic E-state index is 0.0262. The van der Waals surface area contributed by atoms with Gasteiger partial charge in [-0.2, -0.15) is 0 Å². The summed E-state index contributed by atoms with van der Waals surface area (Å²) < 4.78 is 21.9. The Kier molecular flexibility index (Phi) is 6.01. The Bertz CT molecular complexity index is 536. The van der Waals surface area contributed by atoms with Crippen molar-refractivity contribution in [2.24, 2.45) is 0 Å². The lowest BCUT2D eigenvalue weighted by Gasteiger charge is -2.12. The van der Waals surface area contributed by atoms with E-state index in [0.717, 1.165) is 23.9 Å². The number of rotatable bonds is 7. The van der Waals surface area contributed by atoms with E-state index in [2.05, 4.69) is 5.32 Å². The van der Waals surface area contributed by atoms with Gasteiger partial charge in [0.2, 0.25) is 5.91 Å². The van der Waals surface area contributed by atoms with Crippen molar-refractivity contribution in [3.05, 3.63) is 29.8 Å². The number of carbonyl (C=O) groups is 1. The van der Waals surface area contributed by atoms with Crippen molar-refractivity contribution in [2.45, 2.75) is 12.8 Å². The van der Waals surface area contributed by atoms with E-state index in [9.17, 15) is 13.2 Å². The molecule has 1 aromatic carbocycles. The molecule has 20 heavy (non-hydrogen) atoms. The van der Waals surface area contributed by atoms with E-state index in [-0.39, 0.29) is 18.1 Å². The molecular formula is C14H22N2O3S. The molecule has 6 heteroatoms. The smallest absolute Gasteiger partial charge is 0.221 e. The van der Waals surface area contributed by atoms with Crippen LogP contribution in [0.25, 0.3) is 0 Å². The summed E-state index contributed by atoms with van der Waals surface area (Å²) >= 11 is 0. The quantitative estimate of drug-likeness (QED) is 0.810. The second-order valence-corrected chi connectivity index (χ2v) is 7.30. The Labute approximate surface area is 120 Å². The summed E-state index contributed by atoms with van der Waals surface area (Å²) in [6, 6.07) is 8.11. The van der Waals surface area contributed by atoms with Gasteiger partial charge < -0.3 is 10.2 Å². The number of sulfone groups is 1. The highest BCUT2D eigenvalue weighted by atomic mass is 32.2. The van der Waals surface area contributed by atoms with Crippen LogP contribution in [0.4, 0.5) is 5.69 Å². The van der Waals surface area contributed by atoms with Crippen LogP contribution in [0.15, 0.2) is 24.3 Å². The molecule has 1 amide bonds. The monoisotopic (exact) mass is 298 g/mol. The molecule has 1 rings (SSSR count). The largest absolute Gasteiger partial charge is 0.378 e. The number of hydrogen-bond acceptors (Lipinski definition) is 4. The topological polar surface area (TPSA) is 66.5 Å². The van der Waals surface area contributed by atoms with Crippen LogP contribution in [-0.2, 0) is 21.1 Å². The van der Waals surface area contributed by atoms with Crippen LogP contribution in [0.3, 0.4) is 0 Å². The average Bonchev–Trinajstić information content (AvgIpc) is 2.36. The summed E-state index contributed by atoms with van der Waals surface area (Å²) in [4.78, 5) is 13.5. The third kappa shape index (κ3) is 6.56. The standard InChI is InChI=1S/C14H22N2O3S/c1-16(2)13-6-4-12(5-7-13)8-10-15-14(17)9-11-20(3,18)19/h4-7H,8-11H2,1-3H3,(H,15,17). The maximum Gasteiger partial charge on any atom is 0.221 e. The molecule has 1 aromatic rings. The molecule has 0 heterocycles. The first-order chi connectivity index (χ1) is 9.28. The number of hydrogen-bond donors (Lipinski definition) is 1. The number of carbonyl (C=O) groups excluding carboxylic acids is 1. The van der Waals surface area contributed by atoms with E-state index < -0.39 is 9.84 Å². The minimum Gasteiger partial charge on any atom is -0.378 e. The lowest BCUT2D eigenvalue weighted by molar-refractivity contribution is -0.120. The summed E-state index contributed by atoms with van der Waals surface area (Å²) in [5, 5.41) is 2.73. The number of amides is 1. The number of anilines is 1. The number of nitrogens with zero attached hydrogens (tertiary/aromatic N) is 1. The molecule has 0 spiro atoms. The van der Waals surface area contributed by atoms with Crippen molar-refractivity contribution in [3.8, 4) is 0 Å². The van der Waals surface area contributed by atoms with Crippen LogP contribution < -0.4 is 10.2 Å². The normalized spacial score (nSPS) is 11.2. The lowest BCUT2D eigenvalue weighted by atomic mass is 10.1. The molecule has 0 aliphatic rings. The van der Waals surface area contributed by atoms with E-state index in [1.807, 2.05) is 43.3 Å². The van der Waals surface area contributed by atoms with Gasteiger partial charge in [-0.15, -0.1) is 0 Å². The van der Waals surface area contributed by atoms with Crippen molar-refractivity contribution in [2.75, 3.05) is 37.5 Å². The number of nitrogens with one attached hydrogen (secondary N) is 1. The van der Waals surface area contributed by atoms with E-state index in [0.29, 0.717) is 6.54 Å². The van der Waals surface area contributed by atoms with Gasteiger partial charge in [-0.05, 0) is 24.1 Å². The molecule has 0 aliphatic heterocycles. The van der Waals surface area contributed by atoms with Crippen LogP contribution in [0.1, 0.15) is 12.0 Å². The first kappa shape index (κ1) is 16.5. The van der Waals surface area contributed by atoms with Crippen LogP contribution >= 0.6 is 0 Å². The van der Waals surface area contributed by atoms with Gasteiger partial charge in [0.15, 0.2) is 0 Å². The summed E-state index contributed by atoms with van der Waals surface area (Å²) in [7, 11) is 0.891. The fourth-order valence-electron chi connectivity index (χ4n) is 1.67. The zero-order valence-electron chi connectivity index (χ0n) is 12.2. The second-order valence-electron chi connectivity index (χ2n) is 5.04. The van der Waals surface area contributed by atoms with Crippen LogP contribution in [-0.4, -0.2) is 47.0 Å². The fourth-order valence-corrected chi connectivity index (χ4v) is 2.23. The van der Waals surface area contributed by atoms with Gasteiger partial charge in [-0.25, -0.2) is 8.42 Å². The highest BCUT2D eigenvalue weighted by molar-refractivity contribution is 7.90. The van der Waals surface area contributed by atoms with Crippen molar-refractivity contribution < 1.29 is 13.2 Å². The minimum atomic E-state index is -3.07. The molecule has 0 unspecified atom stereocenters. The Balaban J connectivity index is 2.32. The summed E-state index contributed by atoms with van der Waals surface area (Å²) in [5.41, 5.74) is 2.27. The first-order valence-electron chi connectivity index (χ1n) is 6.48. The second kappa shape index (κ2) is 7.28. The molecule has 0 fully saturated rings. The molecule has 112 valence electrons. The molecular weight excluding hydrogens is 276 g/mol. The van der Waals surface area contributed by atoms with E-state index in [1.54, 1.807) is 0 Å². The Hall–Kier alpha value is -1.56. The summed E-state index contributed by atoms with van der Waals surface area (Å²) in [6.45, 7) is 0.518. The van der Waals surface area contributed by atoms with Gasteiger partial charge in [0.1, 0.15) is 9.84 Å². The van der Waals surface area contributed by atoms with Crippen molar-refractivity contribution >= 4 is 21.4 Å². The molecule has 0 bridgehead atoms. The first-order valence-corrected chi connectivity index (χ1v) is 8.54. The molecule has 5 nitrogen and oxygen atoms in total. The molecule has 1 N–H and O–H groups in total. The van der Waals surface area contributed by atoms with Gasteiger partial charge in [0.05, 0.1) is 5.75 Å². The maximum atomic E-state index is 11.4. The van der Waals surface area contributed by atoms with Gasteiger partial charge in [-0.3, -0.25) is 4.79 Å². The predicted octanol–water partition coefficient (Wildman–Crippen LogP) is 0.846. The molecule has 0 radical (unpaired) electrons. The molecule has 0 atom stereocenters. The molecule has 0 aliphatic carbocycles. The summed E-state index contributed by atoms with van der Waals surface area (Å²) in [5.74, 6) is -0.323. The zero-order chi connectivity index (χ0) is 15.2. The van der Waals surface area contributed by atoms with Gasteiger partial charge in [0.25, 0.3) is 0 Å². The van der Waals surface area contributed by atoms with E-state index in [4.69, 9.17) is 0 Å². The van der Waals surface area contributed by atoms with Crippen molar-refractivity contribution in [1.29, 1.82) is 0 Å². The van der Waals surface area contributed by atoms with Gasteiger partial charge >= 0.3 is 0 Å². The molecule has 0 saturated carbocycles. The van der Waals surface area contributed by atoms with Crippen LogP contribution in [0.2, 0.25) is 0 Å². The zero-order valence-corrected chi connectivity index (χ0v) is 13.0. The van der Waals surface area contributed by atoms with E-state index >= 15 is 0 Å². The molecule has 0 saturated heterocycles. The third-order valence-electron chi connectivity index (χ3n) is 2.89. The highest BCUT2D eigenvalue weighted by Crippen LogP contribution is 2.12. The fraction of sp³-hybridized carbons (Fsp3) is 0.500. The Morgan fingerprint density at radius 2 is 1.80 bits per heavy atom. The highest BCUT2D eigenvalue weighted by Gasteiger charge is 2.07. The SMILES string of the molecule is CN(C)c1ccc(CCNC(=O)CCS(C)(=O)=O)cc1. The van der Waals surface area contributed by atoms with Crippen molar-refractivity contribution in [1.82, 2.24) is 5.32 Å². The van der Waals surface area contributed by atoms with Crippen molar-refractivity contribution in [3.63, 3.8) is 0 Å². The van der Waals surface area contributed by atoms with Gasteiger partial charge in [0, 0.05) is 39.0 Å². The van der Waals surface area contributed by atoms with Crippen LogP contribution in [0, 0.1) is 0 Å². The lowest BCUT2D eigenvalue weighted by Crippen LogP contribution is -2.27. The Morgan fingerprint density at radius 3 is 2.30 bits per heavy atom. The van der Waals surface area contributed by atoms with Gasteiger partial charge in [-0.1, -0.05) is 12.1 Å². The third-order valence-corrected chi connectivity index (χ3v) is 3.83. The predicted molar refractivity (Wildman–Crippen MR) is 81.8 cm³/mol. The van der Waals surface area contributed by atoms with Crippen LogP contribution in [0.5, 0.6) is 0 Å². The van der Waals surface area contributed by atoms with E-state index in [1.165, 1.54) is 0 Å². The average molecular weight is 298 g/mol. The maximum absolute atomic E-state index is 11.4.